The highest BCUT2D eigenvalue weighted by molar-refractivity contribution is 14.1. The second kappa shape index (κ2) is 8.32. The van der Waals surface area contributed by atoms with Crippen LogP contribution in [0.2, 0.25) is 0 Å². The lowest BCUT2D eigenvalue weighted by molar-refractivity contribution is -0.163. The first kappa shape index (κ1) is 20.3. The summed E-state index contributed by atoms with van der Waals surface area (Å²) in [5.74, 6) is 1.08. The molecule has 0 bridgehead atoms. The average Bonchev–Trinajstić information content (AvgIpc) is 2.63. The van der Waals surface area contributed by atoms with Crippen molar-refractivity contribution in [1.82, 2.24) is 0 Å². The first-order valence-corrected chi connectivity index (χ1v) is 11.5. The van der Waals surface area contributed by atoms with Gasteiger partial charge in [0.1, 0.15) is 0 Å². The molecule has 0 amide bonds. The van der Waals surface area contributed by atoms with E-state index in [9.17, 15) is 5.11 Å². The number of aliphatic hydroxyl groups excluding tert-OH is 1. The number of benzene rings is 1. The van der Waals surface area contributed by atoms with Gasteiger partial charge in [-0.05, 0) is 54.9 Å². The molecule has 5 atom stereocenters. The van der Waals surface area contributed by atoms with Crippen LogP contribution in [0.15, 0.2) is 42.5 Å². The molecule has 1 aromatic rings. The Morgan fingerprint density at radius 1 is 1.23 bits per heavy atom. The van der Waals surface area contributed by atoms with Gasteiger partial charge in [0.05, 0.1) is 19.3 Å². The smallest absolute Gasteiger partial charge is 0.0717 e. The molecule has 0 saturated heterocycles. The lowest BCUT2D eigenvalue weighted by Gasteiger charge is -2.60. The summed E-state index contributed by atoms with van der Waals surface area (Å²) in [7, 11) is 0. The molecule has 0 aromatic heterocycles. The predicted octanol–water partition coefficient (Wildman–Crippen LogP) is 5.78. The number of halogens is 1. The first-order chi connectivity index (χ1) is 12.4. The van der Waals surface area contributed by atoms with Gasteiger partial charge in [0.15, 0.2) is 0 Å². The third kappa shape index (κ3) is 3.77. The fraction of sp³-hybridized carbons (Fsp3) is 0.652. The van der Waals surface area contributed by atoms with E-state index in [2.05, 4.69) is 55.2 Å². The van der Waals surface area contributed by atoms with Crippen molar-refractivity contribution < 1.29 is 9.84 Å². The lowest BCUT2D eigenvalue weighted by atomic mass is 9.46. The minimum Gasteiger partial charge on any atom is -0.392 e. The maximum atomic E-state index is 11.0. The molecule has 0 aliphatic heterocycles. The zero-order valence-electron chi connectivity index (χ0n) is 16.2. The lowest BCUT2D eigenvalue weighted by Crippen LogP contribution is -2.57. The van der Waals surface area contributed by atoms with Crippen LogP contribution in [-0.4, -0.2) is 22.2 Å². The molecule has 1 aromatic carbocycles. The highest BCUT2D eigenvalue weighted by Gasteiger charge is 2.57. The molecule has 144 valence electrons. The molecule has 1 N–H and O–H groups in total. The monoisotopic (exact) mass is 468 g/mol. The Morgan fingerprint density at radius 3 is 2.65 bits per heavy atom. The third-order valence-corrected chi connectivity index (χ3v) is 7.90. The zero-order valence-corrected chi connectivity index (χ0v) is 18.4. The summed E-state index contributed by atoms with van der Waals surface area (Å²) in [5.41, 5.74) is 2.70. The summed E-state index contributed by atoms with van der Waals surface area (Å²) in [4.78, 5) is 0. The van der Waals surface area contributed by atoms with Crippen LogP contribution in [0.5, 0.6) is 0 Å². The van der Waals surface area contributed by atoms with Gasteiger partial charge >= 0.3 is 0 Å². The van der Waals surface area contributed by atoms with Gasteiger partial charge in [-0.2, -0.15) is 0 Å². The largest absolute Gasteiger partial charge is 0.392 e. The molecular formula is C23H33IO2. The SMILES string of the molecule is C=C1CC[C@@H]2[C@](C)(CC[C@H](O)[C@@]2(C)COCc2ccccc2)[C@@H]1CCI. The van der Waals surface area contributed by atoms with Crippen LogP contribution in [0.1, 0.15) is 51.5 Å². The molecule has 0 heterocycles. The number of rotatable bonds is 6. The molecule has 26 heavy (non-hydrogen) atoms. The van der Waals surface area contributed by atoms with Crippen molar-refractivity contribution in [1.29, 1.82) is 0 Å². The maximum Gasteiger partial charge on any atom is 0.0717 e. The zero-order chi connectivity index (χ0) is 18.8. The Labute approximate surface area is 172 Å². The third-order valence-electron chi connectivity index (χ3n) is 7.28. The van der Waals surface area contributed by atoms with Gasteiger partial charge in [0, 0.05) is 9.84 Å². The normalized spacial score (nSPS) is 37.4. The first-order valence-electron chi connectivity index (χ1n) is 9.95. The van der Waals surface area contributed by atoms with Gasteiger partial charge in [0.25, 0.3) is 0 Å². The van der Waals surface area contributed by atoms with E-state index in [1.807, 2.05) is 18.2 Å². The van der Waals surface area contributed by atoms with Gasteiger partial charge in [-0.3, -0.25) is 0 Å². The minimum atomic E-state index is -0.275. The minimum absolute atomic E-state index is 0.175. The number of hydrogen-bond acceptors (Lipinski definition) is 2. The summed E-state index contributed by atoms with van der Waals surface area (Å²) >= 11 is 2.50. The molecule has 0 unspecified atom stereocenters. The van der Waals surface area contributed by atoms with Crippen LogP contribution < -0.4 is 0 Å². The molecule has 3 heteroatoms. The Morgan fingerprint density at radius 2 is 1.96 bits per heavy atom. The fourth-order valence-corrected chi connectivity index (χ4v) is 6.41. The molecule has 2 saturated carbocycles. The van der Waals surface area contributed by atoms with E-state index in [0.29, 0.717) is 25.0 Å². The number of aliphatic hydroxyl groups is 1. The Bertz CT molecular complexity index is 616. The van der Waals surface area contributed by atoms with E-state index in [1.54, 1.807) is 0 Å². The number of alkyl halides is 1. The van der Waals surface area contributed by atoms with E-state index in [4.69, 9.17) is 4.74 Å². The van der Waals surface area contributed by atoms with Gasteiger partial charge in [-0.15, -0.1) is 0 Å². The van der Waals surface area contributed by atoms with Crippen molar-refractivity contribution in [2.75, 3.05) is 11.0 Å². The van der Waals surface area contributed by atoms with E-state index in [1.165, 1.54) is 22.0 Å². The van der Waals surface area contributed by atoms with E-state index in [0.717, 1.165) is 25.7 Å². The van der Waals surface area contributed by atoms with Crippen LogP contribution in [0, 0.1) is 22.7 Å². The highest BCUT2D eigenvalue weighted by atomic mass is 127. The van der Waals surface area contributed by atoms with Crippen LogP contribution in [0.3, 0.4) is 0 Å². The quantitative estimate of drug-likeness (QED) is 0.326. The highest BCUT2D eigenvalue weighted by Crippen LogP contribution is 2.61. The number of hydrogen-bond donors (Lipinski definition) is 1. The van der Waals surface area contributed by atoms with E-state index < -0.39 is 0 Å². The Hall–Kier alpha value is -0.390. The predicted molar refractivity (Wildman–Crippen MR) is 116 cm³/mol. The van der Waals surface area contributed by atoms with Gasteiger partial charge in [-0.25, -0.2) is 0 Å². The molecule has 0 radical (unpaired) electrons. The molecule has 2 nitrogen and oxygen atoms in total. The van der Waals surface area contributed by atoms with Crippen molar-refractivity contribution in [3.63, 3.8) is 0 Å². The van der Waals surface area contributed by atoms with Crippen molar-refractivity contribution in [3.8, 4) is 0 Å². The number of fused-ring (bicyclic) bond motifs is 1. The van der Waals surface area contributed by atoms with Gasteiger partial charge in [0.2, 0.25) is 0 Å². The topological polar surface area (TPSA) is 29.5 Å². The van der Waals surface area contributed by atoms with Crippen molar-refractivity contribution in [2.24, 2.45) is 22.7 Å². The van der Waals surface area contributed by atoms with Crippen LogP contribution in [-0.2, 0) is 11.3 Å². The number of allylic oxidation sites excluding steroid dienone is 1. The van der Waals surface area contributed by atoms with Crippen LogP contribution >= 0.6 is 22.6 Å². The molecule has 2 aliphatic rings. The van der Waals surface area contributed by atoms with Crippen LogP contribution in [0.4, 0.5) is 0 Å². The summed E-state index contributed by atoms with van der Waals surface area (Å²) < 4.78 is 7.34. The molecule has 2 fully saturated rings. The second-order valence-electron chi connectivity index (χ2n) is 8.82. The Balaban J connectivity index is 1.77. The van der Waals surface area contributed by atoms with E-state index in [-0.39, 0.29) is 16.9 Å². The molecule has 0 spiro atoms. The van der Waals surface area contributed by atoms with Crippen molar-refractivity contribution in [2.45, 2.75) is 58.7 Å². The molecular weight excluding hydrogens is 435 g/mol. The molecule has 2 aliphatic carbocycles. The van der Waals surface area contributed by atoms with Crippen molar-refractivity contribution in [3.05, 3.63) is 48.0 Å². The average molecular weight is 468 g/mol. The second-order valence-corrected chi connectivity index (χ2v) is 9.90. The summed E-state index contributed by atoms with van der Waals surface area (Å²) in [5, 5.41) is 11.0. The standard InChI is InChI=1S/C23H33IO2/c1-17-9-10-20-22(2,19(17)12-14-24)13-11-21(25)23(20,3)16-26-15-18-7-5-4-6-8-18/h4-8,19-21,25H,1,9-16H2,2-3H3/t19-,20-,21+,22-,23+/m1/s1. The van der Waals surface area contributed by atoms with Crippen molar-refractivity contribution >= 4 is 22.6 Å². The van der Waals surface area contributed by atoms with Gasteiger partial charge < -0.3 is 9.84 Å². The van der Waals surface area contributed by atoms with E-state index >= 15 is 0 Å². The Kier molecular flexibility index (Phi) is 6.51. The van der Waals surface area contributed by atoms with Gasteiger partial charge in [-0.1, -0.05) is 78.9 Å². The summed E-state index contributed by atoms with van der Waals surface area (Å²) in [6.45, 7) is 10.4. The summed E-state index contributed by atoms with van der Waals surface area (Å²) in [6, 6.07) is 10.3. The number of ether oxygens (including phenoxy) is 1. The summed E-state index contributed by atoms with van der Waals surface area (Å²) in [6.07, 6.45) is 5.15. The maximum absolute atomic E-state index is 11.0. The van der Waals surface area contributed by atoms with Crippen LogP contribution in [0.25, 0.3) is 0 Å². The molecule has 3 rings (SSSR count). The fourth-order valence-electron chi connectivity index (χ4n) is 5.79.